The summed E-state index contributed by atoms with van der Waals surface area (Å²) < 4.78 is 4.79. The van der Waals surface area contributed by atoms with Gasteiger partial charge in [-0.15, -0.1) is 11.8 Å². The van der Waals surface area contributed by atoms with E-state index >= 15 is 0 Å². The number of carbonyl (C=O) groups excluding carboxylic acids is 3. The van der Waals surface area contributed by atoms with Crippen molar-refractivity contribution in [2.45, 2.75) is 30.4 Å². The third-order valence-corrected chi connectivity index (χ3v) is 6.30. The summed E-state index contributed by atoms with van der Waals surface area (Å²) in [6.45, 7) is 3.89. The standard InChI is InChI=1S/C26H26N2O4S/c1-4-23(25(30)28-22-11-6-5-10-21(22)26(31)32-3)33-20-9-7-8-19(16-20)27-24(29)18-14-12-17(2)13-15-18/h5-16,23H,4H2,1-3H3,(H,27,29)(H,28,30). The van der Waals surface area contributed by atoms with Crippen LogP contribution in [0.2, 0.25) is 0 Å². The molecule has 1 atom stereocenters. The van der Waals surface area contributed by atoms with Crippen LogP contribution < -0.4 is 10.6 Å². The molecule has 0 heterocycles. The monoisotopic (exact) mass is 462 g/mol. The van der Waals surface area contributed by atoms with Gasteiger partial charge in [-0.25, -0.2) is 4.79 Å². The van der Waals surface area contributed by atoms with Gasteiger partial charge in [0.25, 0.3) is 5.91 Å². The molecule has 3 aromatic rings. The van der Waals surface area contributed by atoms with Gasteiger partial charge < -0.3 is 15.4 Å². The van der Waals surface area contributed by atoms with Gasteiger partial charge in [0, 0.05) is 16.1 Å². The summed E-state index contributed by atoms with van der Waals surface area (Å²) in [4.78, 5) is 38.3. The number of esters is 1. The summed E-state index contributed by atoms with van der Waals surface area (Å²) in [5, 5.41) is 5.35. The van der Waals surface area contributed by atoms with Crippen LogP contribution in [0.5, 0.6) is 0 Å². The van der Waals surface area contributed by atoms with Gasteiger partial charge in [-0.3, -0.25) is 9.59 Å². The first-order chi connectivity index (χ1) is 15.9. The highest BCUT2D eigenvalue weighted by molar-refractivity contribution is 8.00. The number of amides is 2. The Morgan fingerprint density at radius 1 is 0.939 bits per heavy atom. The molecule has 2 amide bonds. The summed E-state index contributed by atoms with van der Waals surface area (Å²) >= 11 is 1.40. The van der Waals surface area contributed by atoms with E-state index in [0.717, 1.165) is 10.5 Å². The number of aryl methyl sites for hydroxylation is 1. The Labute approximate surface area is 197 Å². The number of methoxy groups -OCH3 is 1. The van der Waals surface area contributed by atoms with E-state index in [1.54, 1.807) is 36.4 Å². The summed E-state index contributed by atoms with van der Waals surface area (Å²) in [5.41, 5.74) is 3.02. The van der Waals surface area contributed by atoms with E-state index in [4.69, 9.17) is 4.74 Å². The molecule has 6 nitrogen and oxygen atoms in total. The van der Waals surface area contributed by atoms with Gasteiger partial charge in [-0.05, 0) is 55.8 Å². The SMILES string of the molecule is CCC(Sc1cccc(NC(=O)c2ccc(C)cc2)c1)C(=O)Nc1ccccc1C(=O)OC. The maximum absolute atomic E-state index is 12.9. The Bertz CT molecular complexity index is 1150. The van der Waals surface area contributed by atoms with E-state index in [-0.39, 0.29) is 11.8 Å². The summed E-state index contributed by atoms with van der Waals surface area (Å²) in [5.74, 6) is -0.919. The van der Waals surface area contributed by atoms with Crippen LogP contribution in [0, 0.1) is 6.92 Å². The normalized spacial score (nSPS) is 11.4. The molecule has 0 aliphatic heterocycles. The Morgan fingerprint density at radius 3 is 2.36 bits per heavy atom. The van der Waals surface area contributed by atoms with Crippen LogP contribution in [0.1, 0.15) is 39.6 Å². The molecule has 1 unspecified atom stereocenters. The molecule has 3 aromatic carbocycles. The summed E-state index contributed by atoms with van der Waals surface area (Å²) in [6.07, 6.45) is 0.580. The molecule has 33 heavy (non-hydrogen) atoms. The van der Waals surface area contributed by atoms with E-state index in [2.05, 4.69) is 10.6 Å². The number of hydrogen-bond acceptors (Lipinski definition) is 5. The number of carbonyl (C=O) groups is 3. The van der Waals surface area contributed by atoms with Gasteiger partial charge in [0.1, 0.15) is 0 Å². The molecular formula is C26H26N2O4S. The van der Waals surface area contributed by atoms with Crippen LogP contribution in [0.3, 0.4) is 0 Å². The van der Waals surface area contributed by atoms with Crippen molar-refractivity contribution in [3.8, 4) is 0 Å². The smallest absolute Gasteiger partial charge is 0.339 e. The lowest BCUT2D eigenvalue weighted by molar-refractivity contribution is -0.115. The van der Waals surface area contributed by atoms with E-state index in [0.29, 0.717) is 28.9 Å². The molecule has 0 aromatic heterocycles. The highest BCUT2D eigenvalue weighted by Gasteiger charge is 2.21. The molecule has 0 aliphatic rings. The lowest BCUT2D eigenvalue weighted by atomic mass is 10.1. The fourth-order valence-corrected chi connectivity index (χ4v) is 4.15. The number of hydrogen-bond donors (Lipinski definition) is 2. The van der Waals surface area contributed by atoms with Crippen molar-refractivity contribution in [2.75, 3.05) is 17.7 Å². The van der Waals surface area contributed by atoms with Crippen molar-refractivity contribution in [2.24, 2.45) is 0 Å². The number of anilines is 2. The fourth-order valence-electron chi connectivity index (χ4n) is 3.14. The van der Waals surface area contributed by atoms with Crippen LogP contribution in [0.4, 0.5) is 11.4 Å². The molecule has 0 bridgehead atoms. The Kier molecular flexibility index (Phi) is 8.27. The maximum Gasteiger partial charge on any atom is 0.339 e. The highest BCUT2D eigenvalue weighted by atomic mass is 32.2. The summed E-state index contributed by atoms with van der Waals surface area (Å²) in [7, 11) is 1.30. The van der Waals surface area contributed by atoms with Crippen LogP contribution in [-0.2, 0) is 9.53 Å². The minimum Gasteiger partial charge on any atom is -0.465 e. The predicted octanol–water partition coefficient (Wildman–Crippen LogP) is 5.54. The van der Waals surface area contributed by atoms with Gasteiger partial charge in [0.05, 0.1) is 23.6 Å². The number of ether oxygens (including phenoxy) is 1. The van der Waals surface area contributed by atoms with E-state index in [1.807, 2.05) is 50.2 Å². The van der Waals surface area contributed by atoms with Crippen molar-refractivity contribution in [3.63, 3.8) is 0 Å². The maximum atomic E-state index is 12.9. The van der Waals surface area contributed by atoms with Gasteiger partial charge in [0.2, 0.25) is 5.91 Å². The molecule has 3 rings (SSSR count). The lowest BCUT2D eigenvalue weighted by Crippen LogP contribution is -2.25. The molecule has 0 aliphatic carbocycles. The molecule has 0 saturated heterocycles. The first-order valence-corrected chi connectivity index (χ1v) is 11.4. The van der Waals surface area contributed by atoms with Gasteiger partial charge in [0.15, 0.2) is 0 Å². The predicted molar refractivity (Wildman–Crippen MR) is 132 cm³/mol. The second-order valence-electron chi connectivity index (χ2n) is 7.39. The van der Waals surface area contributed by atoms with E-state index < -0.39 is 11.2 Å². The van der Waals surface area contributed by atoms with Crippen LogP contribution in [0.25, 0.3) is 0 Å². The quantitative estimate of drug-likeness (QED) is 0.339. The van der Waals surface area contributed by atoms with Crippen molar-refractivity contribution < 1.29 is 19.1 Å². The van der Waals surface area contributed by atoms with Gasteiger partial charge >= 0.3 is 5.97 Å². The Balaban J connectivity index is 1.69. The molecule has 170 valence electrons. The van der Waals surface area contributed by atoms with Crippen LogP contribution in [0.15, 0.2) is 77.7 Å². The number of benzene rings is 3. The molecule has 2 N–H and O–H groups in total. The minimum atomic E-state index is -0.511. The highest BCUT2D eigenvalue weighted by Crippen LogP contribution is 2.29. The molecule has 0 saturated carbocycles. The molecule has 0 spiro atoms. The van der Waals surface area contributed by atoms with Crippen LogP contribution in [-0.4, -0.2) is 30.1 Å². The van der Waals surface area contributed by atoms with Gasteiger partial charge in [-0.1, -0.05) is 42.8 Å². The first kappa shape index (κ1) is 24.1. The third kappa shape index (κ3) is 6.46. The zero-order valence-electron chi connectivity index (χ0n) is 18.8. The number of rotatable bonds is 8. The fraction of sp³-hybridized carbons (Fsp3) is 0.192. The number of thioether (sulfide) groups is 1. The Morgan fingerprint density at radius 2 is 1.67 bits per heavy atom. The molecule has 0 radical (unpaired) electrons. The second-order valence-corrected chi connectivity index (χ2v) is 8.67. The van der Waals surface area contributed by atoms with Crippen molar-refractivity contribution in [1.29, 1.82) is 0 Å². The Hall–Kier alpha value is -3.58. The van der Waals surface area contributed by atoms with Crippen LogP contribution >= 0.6 is 11.8 Å². The number of nitrogens with one attached hydrogen (secondary N) is 2. The largest absolute Gasteiger partial charge is 0.465 e. The molecule has 0 fully saturated rings. The zero-order chi connectivity index (χ0) is 23.8. The average Bonchev–Trinajstić information content (AvgIpc) is 2.83. The van der Waals surface area contributed by atoms with Crippen molar-refractivity contribution in [3.05, 3.63) is 89.5 Å². The summed E-state index contributed by atoms with van der Waals surface area (Å²) in [6, 6.07) is 21.5. The minimum absolute atomic E-state index is 0.193. The topological polar surface area (TPSA) is 84.5 Å². The van der Waals surface area contributed by atoms with E-state index in [1.165, 1.54) is 18.9 Å². The molecular weight excluding hydrogens is 436 g/mol. The number of para-hydroxylation sites is 1. The molecule has 7 heteroatoms. The first-order valence-electron chi connectivity index (χ1n) is 10.5. The lowest BCUT2D eigenvalue weighted by Gasteiger charge is -2.16. The van der Waals surface area contributed by atoms with Crippen molar-refractivity contribution >= 4 is 40.9 Å². The third-order valence-electron chi connectivity index (χ3n) is 4.94. The second kappa shape index (κ2) is 11.3. The average molecular weight is 463 g/mol. The van der Waals surface area contributed by atoms with E-state index in [9.17, 15) is 14.4 Å². The zero-order valence-corrected chi connectivity index (χ0v) is 19.6. The van der Waals surface area contributed by atoms with Crippen molar-refractivity contribution in [1.82, 2.24) is 0 Å². The van der Waals surface area contributed by atoms with Gasteiger partial charge in [-0.2, -0.15) is 0 Å².